The van der Waals surface area contributed by atoms with Gasteiger partial charge in [0, 0.05) is 10.6 Å². The number of carboxylic acid groups (broad SMARTS) is 1. The lowest BCUT2D eigenvalue weighted by Gasteiger charge is -2.07. The van der Waals surface area contributed by atoms with Gasteiger partial charge in [0.15, 0.2) is 0 Å². The zero-order valence-corrected chi connectivity index (χ0v) is 10.1. The van der Waals surface area contributed by atoms with Gasteiger partial charge in [-0.3, -0.25) is 4.79 Å². The van der Waals surface area contributed by atoms with E-state index < -0.39 is 11.8 Å². The van der Waals surface area contributed by atoms with Crippen molar-refractivity contribution in [1.82, 2.24) is 0 Å². The normalized spacial score (nSPS) is 10.3. The summed E-state index contributed by atoms with van der Waals surface area (Å²) in [5, 5.41) is 9.26. The van der Waals surface area contributed by atoms with E-state index in [0.717, 1.165) is 5.56 Å². The maximum atomic E-state index is 13.4. The number of carboxylic acids is 1. The lowest BCUT2D eigenvalue weighted by molar-refractivity contribution is -0.136. The minimum Gasteiger partial charge on any atom is -0.481 e. The van der Waals surface area contributed by atoms with Gasteiger partial charge in [-0.2, -0.15) is 0 Å². The summed E-state index contributed by atoms with van der Waals surface area (Å²) < 4.78 is 13.4. The number of hydrogen-bond acceptors (Lipinski definition) is 1. The van der Waals surface area contributed by atoms with Crippen molar-refractivity contribution in [2.75, 3.05) is 0 Å². The summed E-state index contributed by atoms with van der Waals surface area (Å²) in [4.78, 5) is 10.6. The van der Waals surface area contributed by atoms with E-state index in [2.05, 4.69) is 0 Å². The van der Waals surface area contributed by atoms with Gasteiger partial charge < -0.3 is 5.11 Å². The first kappa shape index (κ1) is 12.6. The molecule has 0 amide bonds. The maximum absolute atomic E-state index is 13.4. The fourth-order valence-electron chi connectivity index (χ4n) is 1.74. The van der Waals surface area contributed by atoms with Gasteiger partial charge in [0.1, 0.15) is 5.82 Å². The molecule has 0 saturated heterocycles. The Kier molecular flexibility index (Phi) is 3.63. The Hall–Kier alpha value is -1.87. The predicted molar refractivity (Wildman–Crippen MR) is 68.2 cm³/mol. The molecule has 0 aliphatic carbocycles. The Bertz CT molecular complexity index is 596. The van der Waals surface area contributed by atoms with Crippen molar-refractivity contribution in [3.63, 3.8) is 0 Å². The molecule has 0 unspecified atom stereocenters. The highest BCUT2D eigenvalue weighted by Crippen LogP contribution is 2.28. The Labute approximate surface area is 109 Å². The molecular formula is C14H10ClFO2. The fourth-order valence-corrected chi connectivity index (χ4v) is 1.98. The number of hydrogen-bond donors (Lipinski definition) is 1. The molecule has 2 nitrogen and oxygen atoms in total. The number of aliphatic carboxylic acids is 1. The zero-order chi connectivity index (χ0) is 13.1. The van der Waals surface area contributed by atoms with Crippen LogP contribution in [0.15, 0.2) is 42.5 Å². The molecule has 0 bridgehead atoms. The van der Waals surface area contributed by atoms with Gasteiger partial charge in [0.25, 0.3) is 0 Å². The molecule has 0 saturated carbocycles. The van der Waals surface area contributed by atoms with Crippen LogP contribution in [0.1, 0.15) is 5.56 Å². The Morgan fingerprint density at radius 1 is 1.22 bits per heavy atom. The van der Waals surface area contributed by atoms with Crippen LogP contribution in [-0.2, 0) is 11.2 Å². The van der Waals surface area contributed by atoms with Crippen molar-refractivity contribution in [1.29, 1.82) is 0 Å². The van der Waals surface area contributed by atoms with Crippen molar-refractivity contribution >= 4 is 17.6 Å². The SMILES string of the molecule is O=C(O)Cc1cc(-c2ccccc2Cl)ccc1F. The van der Waals surface area contributed by atoms with Crippen LogP contribution in [0.25, 0.3) is 11.1 Å². The first-order valence-electron chi connectivity index (χ1n) is 5.33. The molecule has 0 atom stereocenters. The number of rotatable bonds is 3. The van der Waals surface area contributed by atoms with E-state index in [0.29, 0.717) is 10.6 Å². The molecule has 2 aromatic carbocycles. The molecule has 2 rings (SSSR count). The molecule has 0 aliphatic rings. The number of halogens is 2. The molecule has 1 N–H and O–H groups in total. The van der Waals surface area contributed by atoms with Gasteiger partial charge in [-0.05, 0) is 29.3 Å². The van der Waals surface area contributed by atoms with E-state index in [4.69, 9.17) is 16.7 Å². The lowest BCUT2D eigenvalue weighted by Crippen LogP contribution is -2.02. The van der Waals surface area contributed by atoms with Gasteiger partial charge in [-0.25, -0.2) is 4.39 Å². The third kappa shape index (κ3) is 2.68. The first-order chi connectivity index (χ1) is 8.58. The van der Waals surface area contributed by atoms with Gasteiger partial charge in [-0.15, -0.1) is 0 Å². The maximum Gasteiger partial charge on any atom is 0.307 e. The zero-order valence-electron chi connectivity index (χ0n) is 9.36. The Balaban J connectivity index is 2.47. The second kappa shape index (κ2) is 5.19. The second-order valence-electron chi connectivity index (χ2n) is 3.86. The number of carbonyl (C=O) groups is 1. The molecule has 18 heavy (non-hydrogen) atoms. The van der Waals surface area contributed by atoms with Crippen LogP contribution in [0.3, 0.4) is 0 Å². The first-order valence-corrected chi connectivity index (χ1v) is 5.71. The fraction of sp³-hybridized carbons (Fsp3) is 0.0714. The Morgan fingerprint density at radius 2 is 1.94 bits per heavy atom. The van der Waals surface area contributed by atoms with E-state index in [1.54, 1.807) is 24.3 Å². The molecule has 4 heteroatoms. The molecule has 0 spiro atoms. The lowest BCUT2D eigenvalue weighted by atomic mass is 10.0. The van der Waals surface area contributed by atoms with Crippen LogP contribution >= 0.6 is 11.6 Å². The highest BCUT2D eigenvalue weighted by atomic mass is 35.5. The highest BCUT2D eigenvalue weighted by Gasteiger charge is 2.10. The standard InChI is InChI=1S/C14H10ClFO2/c15-12-4-2-1-3-11(12)9-5-6-13(16)10(7-9)8-14(17)18/h1-7H,8H2,(H,17,18). The summed E-state index contributed by atoms with van der Waals surface area (Å²) in [7, 11) is 0. The molecule has 0 radical (unpaired) electrons. The van der Waals surface area contributed by atoms with Crippen LogP contribution < -0.4 is 0 Å². The van der Waals surface area contributed by atoms with Gasteiger partial charge in [-0.1, -0.05) is 35.9 Å². The summed E-state index contributed by atoms with van der Waals surface area (Å²) >= 11 is 6.05. The van der Waals surface area contributed by atoms with Crippen molar-refractivity contribution in [3.05, 3.63) is 58.9 Å². The second-order valence-corrected chi connectivity index (χ2v) is 4.26. The van der Waals surface area contributed by atoms with Crippen molar-refractivity contribution in [3.8, 4) is 11.1 Å². The van der Waals surface area contributed by atoms with E-state index in [9.17, 15) is 9.18 Å². The van der Waals surface area contributed by atoms with E-state index in [1.165, 1.54) is 12.1 Å². The molecular weight excluding hydrogens is 255 g/mol. The third-order valence-corrected chi connectivity index (χ3v) is 2.90. The average Bonchev–Trinajstić information content (AvgIpc) is 2.32. The molecule has 92 valence electrons. The predicted octanol–water partition coefficient (Wildman–Crippen LogP) is 3.77. The minimum atomic E-state index is -1.06. The molecule has 0 aromatic heterocycles. The topological polar surface area (TPSA) is 37.3 Å². The van der Waals surface area contributed by atoms with E-state index in [1.807, 2.05) is 6.07 Å². The molecule has 0 heterocycles. The quantitative estimate of drug-likeness (QED) is 0.916. The highest BCUT2D eigenvalue weighted by molar-refractivity contribution is 6.33. The minimum absolute atomic E-state index is 0.153. The van der Waals surface area contributed by atoms with Crippen molar-refractivity contribution < 1.29 is 14.3 Å². The summed E-state index contributed by atoms with van der Waals surface area (Å²) in [6, 6.07) is 11.5. The van der Waals surface area contributed by atoms with Crippen LogP contribution in [-0.4, -0.2) is 11.1 Å². The van der Waals surface area contributed by atoms with Crippen LogP contribution in [0.2, 0.25) is 5.02 Å². The van der Waals surface area contributed by atoms with Crippen molar-refractivity contribution in [2.45, 2.75) is 6.42 Å². The van der Waals surface area contributed by atoms with E-state index >= 15 is 0 Å². The van der Waals surface area contributed by atoms with Crippen LogP contribution in [0.5, 0.6) is 0 Å². The van der Waals surface area contributed by atoms with Gasteiger partial charge in [0.05, 0.1) is 6.42 Å². The summed E-state index contributed by atoms with van der Waals surface area (Å²) in [5.41, 5.74) is 1.61. The number of benzene rings is 2. The Morgan fingerprint density at radius 3 is 2.61 bits per heavy atom. The van der Waals surface area contributed by atoms with Gasteiger partial charge in [0.2, 0.25) is 0 Å². The summed E-state index contributed by atoms with van der Waals surface area (Å²) in [6.07, 6.45) is -0.343. The largest absolute Gasteiger partial charge is 0.481 e. The smallest absolute Gasteiger partial charge is 0.307 e. The molecule has 0 fully saturated rings. The van der Waals surface area contributed by atoms with Crippen molar-refractivity contribution in [2.24, 2.45) is 0 Å². The molecule has 2 aromatic rings. The third-order valence-electron chi connectivity index (χ3n) is 2.57. The van der Waals surface area contributed by atoms with E-state index in [-0.39, 0.29) is 12.0 Å². The molecule has 0 aliphatic heterocycles. The monoisotopic (exact) mass is 264 g/mol. The van der Waals surface area contributed by atoms with Crippen LogP contribution in [0.4, 0.5) is 4.39 Å². The van der Waals surface area contributed by atoms with Crippen LogP contribution in [0, 0.1) is 5.82 Å². The van der Waals surface area contributed by atoms with Gasteiger partial charge >= 0.3 is 5.97 Å². The summed E-state index contributed by atoms with van der Waals surface area (Å²) in [6.45, 7) is 0. The average molecular weight is 265 g/mol. The summed E-state index contributed by atoms with van der Waals surface area (Å²) in [5.74, 6) is -1.58.